The Balaban J connectivity index is 1.65. The third-order valence-electron chi connectivity index (χ3n) is 4.10. The summed E-state index contributed by atoms with van der Waals surface area (Å²) < 4.78 is 18.2. The molecule has 1 aromatic rings. The zero-order valence-corrected chi connectivity index (χ0v) is 11.3. The highest BCUT2D eigenvalue weighted by Gasteiger charge is 2.47. The Labute approximate surface area is 121 Å². The van der Waals surface area contributed by atoms with E-state index in [2.05, 4.69) is 5.32 Å². The van der Waals surface area contributed by atoms with Gasteiger partial charge in [-0.25, -0.2) is 9.18 Å². The average Bonchev–Trinajstić information content (AvgIpc) is 3.04. The molecule has 1 saturated heterocycles. The summed E-state index contributed by atoms with van der Waals surface area (Å²) in [5, 5.41) is 11.8. The molecule has 0 bridgehead atoms. The van der Waals surface area contributed by atoms with E-state index in [-0.39, 0.29) is 11.7 Å². The Hall–Kier alpha value is -1.95. The summed E-state index contributed by atoms with van der Waals surface area (Å²) in [5.74, 6) is -1.64. The first-order chi connectivity index (χ1) is 10.00. The molecule has 1 aliphatic heterocycles. The molecule has 0 unspecified atom stereocenters. The van der Waals surface area contributed by atoms with Crippen molar-refractivity contribution in [2.24, 2.45) is 0 Å². The Morgan fingerprint density at radius 2 is 1.81 bits per heavy atom. The molecule has 6 heteroatoms. The molecule has 1 aliphatic carbocycles. The van der Waals surface area contributed by atoms with Crippen LogP contribution in [-0.2, 0) is 19.9 Å². The fraction of sp³-hybridized carbons (Fsp3) is 0.467. The van der Waals surface area contributed by atoms with Gasteiger partial charge in [-0.2, -0.15) is 0 Å². The normalized spacial score (nSPS) is 26.3. The number of halogens is 1. The number of nitrogens with one attached hydrogen (secondary N) is 1. The van der Waals surface area contributed by atoms with Gasteiger partial charge in [0, 0.05) is 0 Å². The van der Waals surface area contributed by atoms with Gasteiger partial charge in [0.05, 0.1) is 5.54 Å². The Morgan fingerprint density at radius 1 is 1.19 bits per heavy atom. The number of aliphatic carboxylic acids is 1. The predicted octanol–water partition coefficient (Wildman–Crippen LogP) is 1.56. The Morgan fingerprint density at radius 3 is 2.33 bits per heavy atom. The zero-order valence-electron chi connectivity index (χ0n) is 11.3. The molecule has 1 amide bonds. The van der Waals surface area contributed by atoms with Crippen LogP contribution in [0.4, 0.5) is 4.39 Å². The van der Waals surface area contributed by atoms with Crippen LogP contribution in [0.2, 0.25) is 0 Å². The Kier molecular flexibility index (Phi) is 3.41. The van der Waals surface area contributed by atoms with Crippen molar-refractivity contribution in [2.45, 2.75) is 43.4 Å². The highest BCUT2D eigenvalue weighted by Crippen LogP contribution is 2.45. The van der Waals surface area contributed by atoms with E-state index < -0.39 is 23.7 Å². The minimum absolute atomic E-state index is 0.291. The van der Waals surface area contributed by atoms with E-state index in [9.17, 15) is 14.0 Å². The third-order valence-corrected chi connectivity index (χ3v) is 4.10. The van der Waals surface area contributed by atoms with Crippen LogP contribution in [0.5, 0.6) is 0 Å². The van der Waals surface area contributed by atoms with Crippen LogP contribution in [-0.4, -0.2) is 29.2 Å². The second kappa shape index (κ2) is 5.11. The van der Waals surface area contributed by atoms with E-state index in [1.807, 2.05) is 0 Å². The van der Waals surface area contributed by atoms with Crippen molar-refractivity contribution in [3.63, 3.8) is 0 Å². The Bertz CT molecular complexity index is 568. The van der Waals surface area contributed by atoms with E-state index in [0.717, 1.165) is 18.4 Å². The van der Waals surface area contributed by atoms with Gasteiger partial charge in [-0.1, -0.05) is 12.1 Å². The maximum absolute atomic E-state index is 13.0. The topological polar surface area (TPSA) is 75.6 Å². The van der Waals surface area contributed by atoms with E-state index in [4.69, 9.17) is 9.84 Å². The molecular weight excluding hydrogens is 277 g/mol. The van der Waals surface area contributed by atoms with E-state index in [1.54, 1.807) is 12.1 Å². The van der Waals surface area contributed by atoms with Gasteiger partial charge in [0.2, 0.25) is 5.91 Å². The van der Waals surface area contributed by atoms with Gasteiger partial charge < -0.3 is 15.2 Å². The molecule has 1 heterocycles. The van der Waals surface area contributed by atoms with Gasteiger partial charge >= 0.3 is 5.97 Å². The lowest BCUT2D eigenvalue weighted by Crippen LogP contribution is -2.42. The first-order valence-corrected chi connectivity index (χ1v) is 6.96. The molecule has 3 rings (SSSR count). The van der Waals surface area contributed by atoms with Crippen LogP contribution >= 0.6 is 0 Å². The fourth-order valence-electron chi connectivity index (χ4n) is 2.71. The molecule has 0 aromatic heterocycles. The number of carboxylic acid groups (broad SMARTS) is 1. The molecule has 2 fully saturated rings. The molecule has 0 radical (unpaired) electrons. The number of carbonyl (C=O) groups is 2. The van der Waals surface area contributed by atoms with Crippen molar-refractivity contribution in [3.8, 4) is 0 Å². The summed E-state index contributed by atoms with van der Waals surface area (Å²) in [4.78, 5) is 23.0. The van der Waals surface area contributed by atoms with Crippen molar-refractivity contribution in [2.75, 3.05) is 0 Å². The highest BCUT2D eigenvalue weighted by atomic mass is 19.1. The fourth-order valence-corrected chi connectivity index (χ4v) is 2.71. The van der Waals surface area contributed by atoms with E-state index in [0.29, 0.717) is 12.8 Å². The molecule has 2 aliphatic rings. The summed E-state index contributed by atoms with van der Waals surface area (Å²) in [6, 6.07) is 6.07. The third kappa shape index (κ3) is 2.76. The minimum atomic E-state index is -1.04. The highest BCUT2D eigenvalue weighted by molar-refractivity contribution is 5.83. The van der Waals surface area contributed by atoms with Crippen LogP contribution in [0, 0.1) is 5.82 Å². The average molecular weight is 293 g/mol. The molecular formula is C15H16FNO4. The summed E-state index contributed by atoms with van der Waals surface area (Å²) in [7, 11) is 0. The first kappa shape index (κ1) is 14.0. The SMILES string of the molecule is O=C(NC1(c2ccc(F)cc2)CC1)[C@@H]1CC[C@H](C(=O)O)O1. The van der Waals surface area contributed by atoms with Crippen LogP contribution < -0.4 is 5.32 Å². The number of benzene rings is 1. The molecule has 1 aromatic carbocycles. The minimum Gasteiger partial charge on any atom is -0.479 e. The van der Waals surface area contributed by atoms with Gasteiger partial charge in [0.15, 0.2) is 6.10 Å². The molecule has 2 atom stereocenters. The lowest BCUT2D eigenvalue weighted by Gasteiger charge is -2.20. The molecule has 2 N–H and O–H groups in total. The first-order valence-electron chi connectivity index (χ1n) is 6.96. The van der Waals surface area contributed by atoms with Gasteiger partial charge in [0.25, 0.3) is 0 Å². The summed E-state index contributed by atoms with van der Waals surface area (Å²) in [5.41, 5.74) is 0.417. The summed E-state index contributed by atoms with van der Waals surface area (Å²) >= 11 is 0. The summed E-state index contributed by atoms with van der Waals surface area (Å²) in [6.45, 7) is 0. The van der Waals surface area contributed by atoms with Gasteiger partial charge in [-0.05, 0) is 43.4 Å². The molecule has 5 nitrogen and oxygen atoms in total. The second-order valence-corrected chi connectivity index (χ2v) is 5.61. The van der Waals surface area contributed by atoms with E-state index in [1.165, 1.54) is 12.1 Å². The largest absolute Gasteiger partial charge is 0.479 e. The second-order valence-electron chi connectivity index (χ2n) is 5.61. The van der Waals surface area contributed by atoms with Crippen LogP contribution in [0.15, 0.2) is 24.3 Å². The number of hydrogen-bond acceptors (Lipinski definition) is 3. The number of carboxylic acids is 1. The van der Waals surface area contributed by atoms with Crippen LogP contribution in [0.3, 0.4) is 0 Å². The molecule has 21 heavy (non-hydrogen) atoms. The number of carbonyl (C=O) groups excluding carboxylic acids is 1. The lowest BCUT2D eigenvalue weighted by atomic mass is 10.0. The maximum atomic E-state index is 13.0. The van der Waals surface area contributed by atoms with Crippen molar-refractivity contribution in [3.05, 3.63) is 35.6 Å². The van der Waals surface area contributed by atoms with E-state index >= 15 is 0 Å². The summed E-state index contributed by atoms with van der Waals surface area (Å²) in [6.07, 6.45) is 0.712. The zero-order chi connectivity index (χ0) is 15.0. The lowest BCUT2D eigenvalue weighted by molar-refractivity contribution is -0.152. The van der Waals surface area contributed by atoms with Gasteiger partial charge in [-0.3, -0.25) is 4.79 Å². The predicted molar refractivity (Wildman–Crippen MR) is 71.0 cm³/mol. The number of rotatable bonds is 4. The monoisotopic (exact) mass is 293 g/mol. The van der Waals surface area contributed by atoms with Gasteiger partial charge in [-0.15, -0.1) is 0 Å². The number of amides is 1. The standard InChI is InChI=1S/C15H16FNO4/c16-10-3-1-9(2-4-10)15(7-8-15)17-13(18)11-5-6-12(21-11)14(19)20/h1-4,11-12H,5-8H2,(H,17,18)(H,19,20)/t11-,12+/m0/s1. The smallest absolute Gasteiger partial charge is 0.332 e. The van der Waals surface area contributed by atoms with Gasteiger partial charge in [0.1, 0.15) is 11.9 Å². The van der Waals surface area contributed by atoms with Crippen LogP contribution in [0.25, 0.3) is 0 Å². The molecule has 1 saturated carbocycles. The number of ether oxygens (including phenoxy) is 1. The molecule has 112 valence electrons. The quantitative estimate of drug-likeness (QED) is 0.883. The number of hydrogen-bond donors (Lipinski definition) is 2. The van der Waals surface area contributed by atoms with Crippen molar-refractivity contribution >= 4 is 11.9 Å². The van der Waals surface area contributed by atoms with Crippen LogP contribution in [0.1, 0.15) is 31.2 Å². The van der Waals surface area contributed by atoms with Crippen molar-refractivity contribution in [1.29, 1.82) is 0 Å². The van der Waals surface area contributed by atoms with Crippen molar-refractivity contribution in [1.82, 2.24) is 5.32 Å². The maximum Gasteiger partial charge on any atom is 0.332 e. The van der Waals surface area contributed by atoms with Crippen molar-refractivity contribution < 1.29 is 23.8 Å². The molecule has 0 spiro atoms.